The summed E-state index contributed by atoms with van der Waals surface area (Å²) < 4.78 is 6.95. The predicted molar refractivity (Wildman–Crippen MR) is 117 cm³/mol. The third kappa shape index (κ3) is 4.25. The number of benzene rings is 2. The molecule has 0 aliphatic heterocycles. The van der Waals surface area contributed by atoms with Gasteiger partial charge < -0.3 is 4.43 Å². The molecule has 0 saturated carbocycles. The highest BCUT2D eigenvalue weighted by molar-refractivity contribution is 6.99. The summed E-state index contributed by atoms with van der Waals surface area (Å²) in [6.45, 7) is 15.3. The van der Waals surface area contributed by atoms with Crippen molar-refractivity contribution in [1.82, 2.24) is 0 Å². The maximum atomic E-state index is 12.1. The molecule has 0 bridgehead atoms. The van der Waals surface area contributed by atoms with Crippen LogP contribution in [-0.4, -0.2) is 20.7 Å². The van der Waals surface area contributed by atoms with Gasteiger partial charge in [-0.15, -0.1) is 0 Å². The van der Waals surface area contributed by atoms with E-state index in [1.807, 2.05) is 13.8 Å². The van der Waals surface area contributed by atoms with Crippen molar-refractivity contribution in [2.45, 2.75) is 53.5 Å². The molecule has 1 atom stereocenters. The molecular weight excluding hydrogens is 348 g/mol. The Labute approximate surface area is 166 Å². The van der Waals surface area contributed by atoms with Gasteiger partial charge in [0, 0.05) is 12.0 Å². The number of Topliss-reactive ketones (excluding diaryl/α,β-unsaturated/α-hetero) is 1. The number of carbonyl (C=O) groups is 1. The molecule has 2 aromatic carbocycles. The molecule has 0 aliphatic carbocycles. The minimum absolute atomic E-state index is 0.0458. The van der Waals surface area contributed by atoms with Crippen molar-refractivity contribution in [3.63, 3.8) is 0 Å². The van der Waals surface area contributed by atoms with Crippen LogP contribution < -0.4 is 10.4 Å². The average molecular weight is 383 g/mol. The predicted octanol–water partition coefficient (Wildman–Crippen LogP) is 4.81. The Kier molecular flexibility index (Phi) is 6.49. The van der Waals surface area contributed by atoms with E-state index in [1.54, 1.807) is 6.92 Å². The lowest BCUT2D eigenvalue weighted by Gasteiger charge is -2.44. The van der Waals surface area contributed by atoms with Gasteiger partial charge in [-0.25, -0.2) is 0 Å². The Morgan fingerprint density at radius 2 is 1.30 bits per heavy atom. The number of hydrogen-bond donors (Lipinski definition) is 0. The molecule has 0 amide bonds. The highest BCUT2D eigenvalue weighted by Gasteiger charge is 2.50. The third-order valence-electron chi connectivity index (χ3n) is 6.11. The van der Waals surface area contributed by atoms with E-state index in [-0.39, 0.29) is 16.7 Å². The summed E-state index contributed by atoms with van der Waals surface area (Å²) >= 11 is 0. The lowest BCUT2D eigenvalue weighted by molar-refractivity contribution is -0.127. The van der Waals surface area contributed by atoms with Gasteiger partial charge in [-0.05, 0) is 28.3 Å². The summed E-state index contributed by atoms with van der Waals surface area (Å²) in [6.07, 6.45) is 0. The maximum absolute atomic E-state index is 12.1. The van der Waals surface area contributed by atoms with Crippen LogP contribution in [0.25, 0.3) is 0 Å². The van der Waals surface area contributed by atoms with Crippen LogP contribution in [0.5, 0.6) is 0 Å². The average Bonchev–Trinajstić information content (AvgIpc) is 2.62. The smallest absolute Gasteiger partial charge is 0.261 e. The van der Waals surface area contributed by atoms with E-state index in [0.29, 0.717) is 6.61 Å². The fourth-order valence-corrected chi connectivity index (χ4v) is 8.22. The SMILES string of the molecule is CC(=O)C(C)(C)C(C)CO[Si](c1ccccc1)(c1ccccc1)C(C)(C)C. The first-order valence-corrected chi connectivity index (χ1v) is 11.7. The first-order valence-electron chi connectivity index (χ1n) is 9.79. The van der Waals surface area contributed by atoms with Gasteiger partial charge in [-0.1, -0.05) is 102 Å². The second kappa shape index (κ2) is 8.11. The molecule has 2 rings (SSSR count). The van der Waals surface area contributed by atoms with E-state index in [1.165, 1.54) is 10.4 Å². The molecule has 0 spiro atoms. The largest absolute Gasteiger partial charge is 0.407 e. The molecule has 0 N–H and O–H groups in total. The molecular formula is C24H34O2Si. The molecule has 146 valence electrons. The van der Waals surface area contributed by atoms with Crippen molar-refractivity contribution in [2.75, 3.05) is 6.61 Å². The summed E-state index contributed by atoms with van der Waals surface area (Å²) in [6, 6.07) is 21.3. The molecule has 0 aromatic heterocycles. The normalized spacial score (nSPS) is 14.0. The van der Waals surface area contributed by atoms with Gasteiger partial charge in [-0.3, -0.25) is 4.79 Å². The van der Waals surface area contributed by atoms with E-state index < -0.39 is 13.7 Å². The van der Waals surface area contributed by atoms with Gasteiger partial charge in [0.05, 0.1) is 0 Å². The molecule has 2 aromatic rings. The van der Waals surface area contributed by atoms with Gasteiger partial charge in [0.1, 0.15) is 5.78 Å². The molecule has 0 heterocycles. The molecule has 2 nitrogen and oxygen atoms in total. The molecule has 1 unspecified atom stereocenters. The minimum Gasteiger partial charge on any atom is -0.407 e. The van der Waals surface area contributed by atoms with Gasteiger partial charge in [-0.2, -0.15) is 0 Å². The van der Waals surface area contributed by atoms with E-state index in [4.69, 9.17) is 4.43 Å². The van der Waals surface area contributed by atoms with E-state index in [2.05, 4.69) is 88.4 Å². The fourth-order valence-electron chi connectivity index (χ4n) is 3.57. The van der Waals surface area contributed by atoms with Crippen LogP contribution in [0.1, 0.15) is 48.5 Å². The van der Waals surface area contributed by atoms with Crippen LogP contribution in [0.4, 0.5) is 0 Å². The molecule has 0 aliphatic rings. The molecule has 27 heavy (non-hydrogen) atoms. The van der Waals surface area contributed by atoms with Crippen LogP contribution >= 0.6 is 0 Å². The van der Waals surface area contributed by atoms with Crippen LogP contribution in [0.2, 0.25) is 5.04 Å². The minimum atomic E-state index is -2.54. The van der Waals surface area contributed by atoms with E-state index in [0.717, 1.165) is 0 Å². The summed E-state index contributed by atoms with van der Waals surface area (Å²) in [4.78, 5) is 12.1. The van der Waals surface area contributed by atoms with Crippen molar-refractivity contribution in [3.05, 3.63) is 60.7 Å². The summed E-state index contributed by atoms with van der Waals surface area (Å²) in [5, 5.41) is 2.50. The second-order valence-corrected chi connectivity index (χ2v) is 13.5. The van der Waals surface area contributed by atoms with Crippen molar-refractivity contribution in [3.8, 4) is 0 Å². The van der Waals surface area contributed by atoms with Gasteiger partial charge in [0.15, 0.2) is 0 Å². The van der Waals surface area contributed by atoms with Crippen LogP contribution in [0, 0.1) is 11.3 Å². The zero-order valence-corrected chi connectivity index (χ0v) is 18.9. The van der Waals surface area contributed by atoms with E-state index >= 15 is 0 Å². The first kappa shape index (κ1) is 21.6. The Hall–Kier alpha value is -1.71. The second-order valence-electron chi connectivity index (χ2n) is 9.15. The van der Waals surface area contributed by atoms with E-state index in [9.17, 15) is 4.79 Å². The van der Waals surface area contributed by atoms with Crippen molar-refractivity contribution in [1.29, 1.82) is 0 Å². The summed E-state index contributed by atoms with van der Waals surface area (Å²) in [5.41, 5.74) is -0.397. The van der Waals surface area contributed by atoms with Crippen LogP contribution in [0.3, 0.4) is 0 Å². The van der Waals surface area contributed by atoms with Crippen molar-refractivity contribution >= 4 is 24.5 Å². The Balaban J connectivity index is 2.55. The van der Waals surface area contributed by atoms with Crippen molar-refractivity contribution in [2.24, 2.45) is 11.3 Å². The van der Waals surface area contributed by atoms with Crippen molar-refractivity contribution < 1.29 is 9.22 Å². The fraction of sp³-hybridized carbons (Fsp3) is 0.458. The van der Waals surface area contributed by atoms with Gasteiger partial charge in [0.25, 0.3) is 8.32 Å². The molecule has 0 radical (unpaired) electrons. The summed E-state index contributed by atoms with van der Waals surface area (Å²) in [5.74, 6) is 0.345. The quantitative estimate of drug-likeness (QED) is 0.642. The van der Waals surface area contributed by atoms with Gasteiger partial charge in [0.2, 0.25) is 0 Å². The highest BCUT2D eigenvalue weighted by atomic mass is 28.4. The lowest BCUT2D eigenvalue weighted by Crippen LogP contribution is -2.67. The molecule has 0 saturated heterocycles. The molecule has 0 fully saturated rings. The number of carbonyl (C=O) groups excluding carboxylic acids is 1. The zero-order chi connectivity index (χ0) is 20.3. The van der Waals surface area contributed by atoms with Gasteiger partial charge >= 0.3 is 0 Å². The molecule has 3 heteroatoms. The highest BCUT2D eigenvalue weighted by Crippen LogP contribution is 2.38. The number of rotatable bonds is 7. The topological polar surface area (TPSA) is 26.3 Å². The zero-order valence-electron chi connectivity index (χ0n) is 17.9. The maximum Gasteiger partial charge on any atom is 0.261 e. The Morgan fingerprint density at radius 1 is 0.889 bits per heavy atom. The monoisotopic (exact) mass is 382 g/mol. The van der Waals surface area contributed by atoms with Crippen LogP contribution in [0.15, 0.2) is 60.7 Å². The third-order valence-corrected chi connectivity index (χ3v) is 11.1. The Morgan fingerprint density at radius 3 is 1.63 bits per heavy atom. The van der Waals surface area contributed by atoms with Crippen LogP contribution in [-0.2, 0) is 9.22 Å². The number of hydrogen-bond acceptors (Lipinski definition) is 2. The summed E-state index contributed by atoms with van der Waals surface area (Å²) in [7, 11) is -2.54. The lowest BCUT2D eigenvalue weighted by atomic mass is 9.77. The number of ketones is 1. The first-order chi connectivity index (χ1) is 12.5. The standard InChI is InChI=1S/C24H34O2Si/c1-19(24(6,7)20(2)25)18-26-27(23(3,4)5,21-14-10-8-11-15-21)22-16-12-9-13-17-22/h8-17,19H,18H2,1-7H3. The Bertz CT molecular complexity index is 705.